The third-order valence-corrected chi connectivity index (χ3v) is 5.81. The molecule has 0 saturated heterocycles. The van der Waals surface area contributed by atoms with Gasteiger partial charge in [-0.2, -0.15) is 4.98 Å². The van der Waals surface area contributed by atoms with Crippen LogP contribution in [0.1, 0.15) is 15.9 Å². The molecule has 0 unspecified atom stereocenters. The lowest BCUT2D eigenvalue weighted by molar-refractivity contribution is 0.0255. The summed E-state index contributed by atoms with van der Waals surface area (Å²) in [4.78, 5) is 21.6. The van der Waals surface area contributed by atoms with Crippen molar-refractivity contribution in [3.63, 3.8) is 0 Å². The molecule has 0 spiro atoms. The molecule has 10 heteroatoms. The number of fused-ring (bicyclic) bond motifs is 1. The van der Waals surface area contributed by atoms with Crippen molar-refractivity contribution in [3.05, 3.63) is 84.6 Å². The predicted molar refractivity (Wildman–Crippen MR) is 156 cm³/mol. The first-order chi connectivity index (χ1) is 19.6. The molecule has 0 saturated carbocycles. The summed E-state index contributed by atoms with van der Waals surface area (Å²) in [6.07, 6.45) is 3.26. The Balaban J connectivity index is 1.37. The SMILES string of the molecule is C=Cc1cc(Nc2nccc(Oc3ccc(N)c4ccccc34)n2)cc(C(=O)NCCOCCOCCOC)c1. The van der Waals surface area contributed by atoms with Crippen LogP contribution < -0.4 is 21.1 Å². The van der Waals surface area contributed by atoms with Gasteiger partial charge in [-0.15, -0.1) is 0 Å². The van der Waals surface area contributed by atoms with E-state index < -0.39 is 0 Å². The van der Waals surface area contributed by atoms with Crippen molar-refractivity contribution in [1.29, 1.82) is 0 Å². The zero-order valence-corrected chi connectivity index (χ0v) is 22.4. The Morgan fingerprint density at radius 1 is 0.975 bits per heavy atom. The summed E-state index contributed by atoms with van der Waals surface area (Å²) in [5, 5.41) is 7.80. The lowest BCUT2D eigenvalue weighted by Crippen LogP contribution is -2.27. The van der Waals surface area contributed by atoms with E-state index in [2.05, 4.69) is 27.2 Å². The Kier molecular flexibility index (Phi) is 10.4. The van der Waals surface area contributed by atoms with Crippen LogP contribution in [0.5, 0.6) is 11.6 Å². The number of nitrogens with one attached hydrogen (secondary N) is 2. The second-order valence-electron chi connectivity index (χ2n) is 8.67. The van der Waals surface area contributed by atoms with Crippen molar-refractivity contribution in [2.24, 2.45) is 0 Å². The Bertz CT molecular complexity index is 1450. The van der Waals surface area contributed by atoms with Gasteiger partial charge in [-0.05, 0) is 35.9 Å². The third kappa shape index (κ3) is 8.00. The van der Waals surface area contributed by atoms with E-state index in [0.29, 0.717) is 74.1 Å². The molecule has 1 heterocycles. The molecule has 4 N–H and O–H groups in total. The highest BCUT2D eigenvalue weighted by Crippen LogP contribution is 2.32. The molecular weight excluding hydrogens is 510 g/mol. The molecule has 1 aromatic heterocycles. The second kappa shape index (κ2) is 14.6. The van der Waals surface area contributed by atoms with Gasteiger partial charge in [-0.25, -0.2) is 4.98 Å². The topological polar surface area (TPSA) is 130 Å². The molecule has 0 aliphatic carbocycles. The summed E-state index contributed by atoms with van der Waals surface area (Å²) in [5.41, 5.74) is 8.63. The van der Waals surface area contributed by atoms with Gasteiger partial charge in [0.25, 0.3) is 5.91 Å². The standard InChI is InChI=1S/C30H33N5O5/c1-3-21-18-22(29(36)32-12-13-38-16-17-39-15-14-37-2)20-23(19-21)34-30-33-11-10-28(35-30)40-27-9-8-26(31)24-6-4-5-7-25(24)27/h3-11,18-20H,1,12-17,31H2,2H3,(H,32,36)(H,33,34,35). The van der Waals surface area contributed by atoms with Crippen LogP contribution in [0.15, 0.2) is 73.4 Å². The van der Waals surface area contributed by atoms with Crippen molar-refractivity contribution in [3.8, 4) is 11.6 Å². The quantitative estimate of drug-likeness (QED) is 0.143. The largest absolute Gasteiger partial charge is 0.438 e. The molecule has 0 aliphatic rings. The monoisotopic (exact) mass is 543 g/mol. The van der Waals surface area contributed by atoms with Gasteiger partial charge in [0.1, 0.15) is 5.75 Å². The number of ether oxygens (including phenoxy) is 4. The fraction of sp³-hybridized carbons (Fsp3) is 0.233. The molecule has 0 aliphatic heterocycles. The second-order valence-corrected chi connectivity index (χ2v) is 8.67. The first-order valence-corrected chi connectivity index (χ1v) is 12.8. The van der Waals surface area contributed by atoms with Crippen LogP contribution in [0.4, 0.5) is 17.3 Å². The van der Waals surface area contributed by atoms with E-state index in [1.807, 2.05) is 36.4 Å². The van der Waals surface area contributed by atoms with Crippen LogP contribution in [0.25, 0.3) is 16.8 Å². The zero-order valence-electron chi connectivity index (χ0n) is 22.4. The van der Waals surface area contributed by atoms with Crippen LogP contribution in [0, 0.1) is 0 Å². The molecular formula is C30H33N5O5. The fourth-order valence-corrected chi connectivity index (χ4v) is 3.86. The molecule has 208 valence electrons. The maximum atomic E-state index is 12.8. The molecule has 0 atom stereocenters. The number of nitrogens with two attached hydrogens (primary N) is 1. The number of nitrogens with zero attached hydrogens (tertiary/aromatic N) is 2. The Labute approximate surface area is 233 Å². The van der Waals surface area contributed by atoms with Crippen molar-refractivity contribution in [1.82, 2.24) is 15.3 Å². The highest BCUT2D eigenvalue weighted by molar-refractivity contribution is 5.97. The van der Waals surface area contributed by atoms with Crippen LogP contribution in [0.3, 0.4) is 0 Å². The number of aromatic nitrogens is 2. The number of hydrogen-bond donors (Lipinski definition) is 3. The van der Waals surface area contributed by atoms with E-state index >= 15 is 0 Å². The summed E-state index contributed by atoms with van der Waals surface area (Å²) < 4.78 is 21.8. The minimum absolute atomic E-state index is 0.236. The first kappa shape index (κ1) is 28.5. The van der Waals surface area contributed by atoms with E-state index in [-0.39, 0.29) is 5.91 Å². The molecule has 1 amide bonds. The summed E-state index contributed by atoms with van der Waals surface area (Å²) in [7, 11) is 1.62. The Morgan fingerprint density at radius 3 is 2.55 bits per heavy atom. The van der Waals surface area contributed by atoms with E-state index in [1.54, 1.807) is 43.6 Å². The minimum Gasteiger partial charge on any atom is -0.438 e. The smallest absolute Gasteiger partial charge is 0.251 e. The van der Waals surface area contributed by atoms with E-state index in [0.717, 1.165) is 16.3 Å². The maximum absolute atomic E-state index is 12.8. The van der Waals surface area contributed by atoms with Crippen LogP contribution in [-0.2, 0) is 14.2 Å². The van der Waals surface area contributed by atoms with Gasteiger partial charge in [0.15, 0.2) is 0 Å². The first-order valence-electron chi connectivity index (χ1n) is 12.8. The summed E-state index contributed by atoms with van der Waals surface area (Å²) in [6.45, 7) is 6.55. The van der Waals surface area contributed by atoms with Gasteiger partial charge in [-0.1, -0.05) is 36.9 Å². The number of carbonyl (C=O) groups is 1. The van der Waals surface area contributed by atoms with Crippen molar-refractivity contribution in [2.45, 2.75) is 0 Å². The van der Waals surface area contributed by atoms with Crippen molar-refractivity contribution < 1.29 is 23.7 Å². The van der Waals surface area contributed by atoms with Gasteiger partial charge in [0, 0.05) is 53.6 Å². The van der Waals surface area contributed by atoms with Gasteiger partial charge in [0.05, 0.1) is 33.0 Å². The van der Waals surface area contributed by atoms with Crippen LogP contribution in [0.2, 0.25) is 0 Å². The summed E-state index contributed by atoms with van der Waals surface area (Å²) in [5.74, 6) is 1.06. The Hall–Kier alpha value is -4.51. The molecule has 4 rings (SSSR count). The number of anilines is 3. The normalized spacial score (nSPS) is 10.8. The third-order valence-electron chi connectivity index (χ3n) is 5.81. The lowest BCUT2D eigenvalue weighted by Gasteiger charge is -2.12. The number of rotatable bonds is 15. The molecule has 40 heavy (non-hydrogen) atoms. The highest BCUT2D eigenvalue weighted by Gasteiger charge is 2.11. The number of carbonyl (C=O) groups excluding carboxylic acids is 1. The number of benzene rings is 3. The van der Waals surface area contributed by atoms with E-state index in [4.69, 9.17) is 24.7 Å². The summed E-state index contributed by atoms with van der Waals surface area (Å²) >= 11 is 0. The Morgan fingerprint density at radius 2 is 1.75 bits per heavy atom. The van der Waals surface area contributed by atoms with E-state index in [1.165, 1.54) is 0 Å². The van der Waals surface area contributed by atoms with Crippen LogP contribution in [-0.4, -0.2) is 62.6 Å². The highest BCUT2D eigenvalue weighted by atomic mass is 16.5. The zero-order chi connectivity index (χ0) is 28.2. The fourth-order valence-electron chi connectivity index (χ4n) is 3.86. The van der Waals surface area contributed by atoms with Gasteiger partial charge in [-0.3, -0.25) is 4.79 Å². The lowest BCUT2D eigenvalue weighted by atomic mass is 10.1. The van der Waals surface area contributed by atoms with Gasteiger partial charge >= 0.3 is 0 Å². The van der Waals surface area contributed by atoms with E-state index in [9.17, 15) is 4.79 Å². The average molecular weight is 544 g/mol. The number of nitrogen functional groups attached to an aromatic ring is 1. The number of amides is 1. The molecule has 0 radical (unpaired) electrons. The predicted octanol–water partition coefficient (Wildman–Crippen LogP) is 4.80. The number of hydrogen-bond acceptors (Lipinski definition) is 9. The molecule has 3 aromatic carbocycles. The molecule has 4 aromatic rings. The van der Waals surface area contributed by atoms with Crippen molar-refractivity contribution in [2.75, 3.05) is 57.7 Å². The van der Waals surface area contributed by atoms with Gasteiger partial charge < -0.3 is 35.3 Å². The molecule has 0 fully saturated rings. The number of methoxy groups -OCH3 is 1. The van der Waals surface area contributed by atoms with Crippen molar-refractivity contribution >= 4 is 40.1 Å². The molecule has 10 nitrogen and oxygen atoms in total. The maximum Gasteiger partial charge on any atom is 0.251 e. The minimum atomic E-state index is -0.236. The van der Waals surface area contributed by atoms with Gasteiger partial charge in [0.2, 0.25) is 11.8 Å². The summed E-state index contributed by atoms with van der Waals surface area (Å²) in [6, 6.07) is 18.3. The van der Waals surface area contributed by atoms with Crippen LogP contribution >= 0.6 is 0 Å². The average Bonchev–Trinajstić information content (AvgIpc) is 2.98. The molecule has 0 bridgehead atoms.